The van der Waals surface area contributed by atoms with Crippen molar-refractivity contribution < 1.29 is 17.0 Å². The number of hydrogen-bond donors (Lipinski definition) is 0. The molecule has 1 unspecified atom stereocenters. The molecule has 0 spiro atoms. The Labute approximate surface area is 110 Å². The lowest BCUT2D eigenvalue weighted by Gasteiger charge is -2.13. The van der Waals surface area contributed by atoms with Crippen molar-refractivity contribution in [3.63, 3.8) is 0 Å². The van der Waals surface area contributed by atoms with Gasteiger partial charge in [0.05, 0.1) is 24.1 Å². The molecule has 19 heavy (non-hydrogen) atoms. The fourth-order valence-electron chi connectivity index (χ4n) is 1.51. The first-order valence-corrected chi connectivity index (χ1v) is 7.09. The number of nitriles is 1. The van der Waals surface area contributed by atoms with Crippen molar-refractivity contribution in [2.75, 3.05) is 6.26 Å². The van der Waals surface area contributed by atoms with Crippen LogP contribution in [0.5, 0.6) is 0 Å². The van der Waals surface area contributed by atoms with E-state index in [0.29, 0.717) is 11.1 Å². The molecule has 0 amide bonds. The van der Waals surface area contributed by atoms with E-state index in [0.717, 1.165) is 6.26 Å². The molecule has 2 rings (SSSR count). The van der Waals surface area contributed by atoms with Gasteiger partial charge >= 0.3 is 0 Å². The minimum absolute atomic E-state index is 0.134. The number of benzene rings is 1. The molecule has 1 aromatic heterocycles. The Kier molecular flexibility index (Phi) is 3.64. The summed E-state index contributed by atoms with van der Waals surface area (Å²) in [5.41, 5.74) is 1.00. The van der Waals surface area contributed by atoms with Crippen molar-refractivity contribution in [2.45, 2.75) is 6.10 Å². The molecule has 0 aliphatic carbocycles. The first kappa shape index (κ1) is 13.3. The standard InChI is InChI=1S/C12H10N2O4S/c1-19(15,16)18-11(12-14-6-7-17-12)10-4-2-9(8-13)3-5-10/h2-7,11H,1H3. The van der Waals surface area contributed by atoms with E-state index in [9.17, 15) is 8.42 Å². The summed E-state index contributed by atoms with van der Waals surface area (Å²) < 4.78 is 32.6. The van der Waals surface area contributed by atoms with Crippen LogP contribution < -0.4 is 0 Å². The molecule has 2 aromatic rings. The Balaban J connectivity index is 2.40. The van der Waals surface area contributed by atoms with Gasteiger partial charge in [0.15, 0.2) is 6.10 Å². The van der Waals surface area contributed by atoms with E-state index in [4.69, 9.17) is 13.9 Å². The highest BCUT2D eigenvalue weighted by Crippen LogP contribution is 2.26. The molecule has 0 saturated carbocycles. The second-order valence-corrected chi connectivity index (χ2v) is 5.39. The third-order valence-electron chi connectivity index (χ3n) is 2.29. The summed E-state index contributed by atoms with van der Waals surface area (Å²) in [7, 11) is -3.68. The highest BCUT2D eigenvalue weighted by molar-refractivity contribution is 7.86. The maximum absolute atomic E-state index is 11.3. The van der Waals surface area contributed by atoms with Crippen LogP contribution in [-0.4, -0.2) is 19.7 Å². The highest BCUT2D eigenvalue weighted by Gasteiger charge is 2.24. The number of aromatic nitrogens is 1. The van der Waals surface area contributed by atoms with Crippen molar-refractivity contribution in [2.24, 2.45) is 0 Å². The predicted octanol–water partition coefficient (Wildman–Crippen LogP) is 1.61. The molecule has 0 aliphatic rings. The normalized spacial score (nSPS) is 12.8. The Morgan fingerprint density at radius 2 is 2.05 bits per heavy atom. The first-order valence-electron chi connectivity index (χ1n) is 5.27. The van der Waals surface area contributed by atoms with Crippen molar-refractivity contribution in [1.29, 1.82) is 5.26 Å². The second kappa shape index (κ2) is 5.22. The van der Waals surface area contributed by atoms with E-state index in [1.165, 1.54) is 12.5 Å². The van der Waals surface area contributed by atoms with Crippen LogP contribution in [0.2, 0.25) is 0 Å². The molecule has 0 saturated heterocycles. The molecular formula is C12H10N2O4S. The molecule has 6 nitrogen and oxygen atoms in total. The summed E-state index contributed by atoms with van der Waals surface area (Å²) in [6, 6.07) is 8.30. The van der Waals surface area contributed by atoms with Crippen LogP contribution in [0.1, 0.15) is 23.1 Å². The molecule has 7 heteroatoms. The molecule has 0 bridgehead atoms. The third-order valence-corrected chi connectivity index (χ3v) is 2.83. The van der Waals surface area contributed by atoms with Crippen LogP contribution in [0.3, 0.4) is 0 Å². The summed E-state index contributed by atoms with van der Waals surface area (Å²) in [6.07, 6.45) is 2.72. The van der Waals surface area contributed by atoms with Gasteiger partial charge in [-0.3, -0.25) is 4.18 Å². The summed E-state index contributed by atoms with van der Waals surface area (Å²) in [5.74, 6) is 0.134. The molecule has 98 valence electrons. The first-order chi connectivity index (χ1) is 8.99. The molecular weight excluding hydrogens is 268 g/mol. The van der Waals surface area contributed by atoms with Gasteiger partial charge in [-0.2, -0.15) is 13.7 Å². The predicted molar refractivity (Wildman–Crippen MR) is 65.4 cm³/mol. The van der Waals surface area contributed by atoms with Crippen LogP contribution in [0.15, 0.2) is 41.1 Å². The summed E-state index contributed by atoms with van der Waals surface area (Å²) in [6.45, 7) is 0. The van der Waals surface area contributed by atoms with Crippen molar-refractivity contribution in [3.8, 4) is 6.07 Å². The largest absolute Gasteiger partial charge is 0.446 e. The van der Waals surface area contributed by atoms with Gasteiger partial charge in [0.25, 0.3) is 10.1 Å². The lowest BCUT2D eigenvalue weighted by molar-refractivity contribution is 0.216. The van der Waals surface area contributed by atoms with Crippen LogP contribution in [0, 0.1) is 11.3 Å². The second-order valence-electron chi connectivity index (χ2n) is 3.78. The lowest BCUT2D eigenvalue weighted by atomic mass is 10.1. The Hall–Kier alpha value is -2.17. The Bertz CT molecular complexity index is 684. The number of nitrogens with zero attached hydrogens (tertiary/aromatic N) is 2. The SMILES string of the molecule is CS(=O)(=O)OC(c1ccc(C#N)cc1)c1ncco1. The van der Waals surface area contributed by atoms with Gasteiger partial charge in [-0.1, -0.05) is 12.1 Å². The highest BCUT2D eigenvalue weighted by atomic mass is 32.2. The van der Waals surface area contributed by atoms with E-state index in [1.54, 1.807) is 24.3 Å². The fourth-order valence-corrected chi connectivity index (χ4v) is 2.05. The zero-order valence-electron chi connectivity index (χ0n) is 9.98. The summed E-state index contributed by atoms with van der Waals surface area (Å²) in [4.78, 5) is 3.90. The number of hydrogen-bond acceptors (Lipinski definition) is 6. The van der Waals surface area contributed by atoms with Gasteiger partial charge in [-0.15, -0.1) is 0 Å². The van der Waals surface area contributed by atoms with Crippen LogP contribution in [0.4, 0.5) is 0 Å². The van der Waals surface area contributed by atoms with Gasteiger partial charge in [0.2, 0.25) is 5.89 Å². The maximum atomic E-state index is 11.3. The van der Waals surface area contributed by atoms with Crippen molar-refractivity contribution >= 4 is 10.1 Å². The summed E-state index contributed by atoms with van der Waals surface area (Å²) >= 11 is 0. The minimum atomic E-state index is -3.68. The molecule has 0 fully saturated rings. The lowest BCUT2D eigenvalue weighted by Crippen LogP contribution is -2.12. The molecule has 0 radical (unpaired) electrons. The fraction of sp³-hybridized carbons (Fsp3) is 0.167. The van der Waals surface area contributed by atoms with Gasteiger partial charge < -0.3 is 4.42 Å². The maximum Gasteiger partial charge on any atom is 0.265 e. The van der Waals surface area contributed by atoms with E-state index >= 15 is 0 Å². The zero-order chi connectivity index (χ0) is 13.9. The molecule has 1 aromatic carbocycles. The van der Waals surface area contributed by atoms with Gasteiger partial charge in [0.1, 0.15) is 6.26 Å². The Morgan fingerprint density at radius 3 is 2.53 bits per heavy atom. The monoisotopic (exact) mass is 278 g/mol. The van der Waals surface area contributed by atoms with Crippen molar-refractivity contribution in [3.05, 3.63) is 53.7 Å². The van der Waals surface area contributed by atoms with Gasteiger partial charge in [0, 0.05) is 0 Å². The van der Waals surface area contributed by atoms with E-state index in [-0.39, 0.29) is 5.89 Å². The topological polar surface area (TPSA) is 93.2 Å². The minimum Gasteiger partial charge on any atom is -0.446 e. The molecule has 0 N–H and O–H groups in total. The average Bonchev–Trinajstić information content (AvgIpc) is 2.89. The van der Waals surface area contributed by atoms with Crippen molar-refractivity contribution in [1.82, 2.24) is 4.98 Å². The quantitative estimate of drug-likeness (QED) is 0.789. The van der Waals surface area contributed by atoms with Crippen LogP contribution in [0.25, 0.3) is 0 Å². The van der Waals surface area contributed by atoms with E-state index < -0.39 is 16.2 Å². The smallest absolute Gasteiger partial charge is 0.265 e. The van der Waals surface area contributed by atoms with Gasteiger partial charge in [-0.05, 0) is 17.7 Å². The Morgan fingerprint density at radius 1 is 1.37 bits per heavy atom. The molecule has 1 heterocycles. The van der Waals surface area contributed by atoms with Crippen LogP contribution >= 0.6 is 0 Å². The summed E-state index contributed by atoms with van der Waals surface area (Å²) in [5, 5.41) is 8.73. The zero-order valence-corrected chi connectivity index (χ0v) is 10.8. The number of oxazole rings is 1. The molecule has 0 aliphatic heterocycles. The van der Waals surface area contributed by atoms with Gasteiger partial charge in [-0.25, -0.2) is 4.98 Å². The number of rotatable bonds is 4. The molecule has 1 atom stereocenters. The van der Waals surface area contributed by atoms with E-state index in [2.05, 4.69) is 4.98 Å². The third kappa shape index (κ3) is 3.40. The van der Waals surface area contributed by atoms with Crippen LogP contribution in [-0.2, 0) is 14.3 Å². The van der Waals surface area contributed by atoms with E-state index in [1.807, 2.05) is 6.07 Å². The average molecular weight is 278 g/mol.